The maximum atomic E-state index is 13.0. The van der Waals surface area contributed by atoms with Crippen molar-refractivity contribution in [2.75, 3.05) is 19.6 Å². The Morgan fingerprint density at radius 1 is 1.05 bits per heavy atom. The van der Waals surface area contributed by atoms with Crippen molar-refractivity contribution in [3.63, 3.8) is 0 Å². The van der Waals surface area contributed by atoms with E-state index in [2.05, 4.69) is 20.4 Å². The van der Waals surface area contributed by atoms with Crippen molar-refractivity contribution in [1.82, 2.24) is 20.4 Å². The minimum absolute atomic E-state index is 0.0403. The zero-order valence-electron chi connectivity index (χ0n) is 21.8. The number of amides is 1. The van der Waals surface area contributed by atoms with Gasteiger partial charge in [-0.1, -0.05) is 17.3 Å². The van der Waals surface area contributed by atoms with Crippen molar-refractivity contribution >= 4 is 23.5 Å². The average Bonchev–Trinajstić information content (AvgIpc) is 3.45. The van der Waals surface area contributed by atoms with Gasteiger partial charge in [0.1, 0.15) is 5.82 Å². The van der Waals surface area contributed by atoms with Crippen molar-refractivity contribution in [2.45, 2.75) is 25.8 Å². The molecule has 0 atom stereocenters. The first kappa shape index (κ1) is 30.6. The normalized spacial score (nSPS) is 13.8. The lowest BCUT2D eigenvalue weighted by molar-refractivity contribution is -0.384. The maximum Gasteiger partial charge on any atom is 0.328 e. The molecule has 216 valence electrons. The van der Waals surface area contributed by atoms with Crippen molar-refractivity contribution in [1.29, 1.82) is 0 Å². The first-order chi connectivity index (χ1) is 19.6. The van der Waals surface area contributed by atoms with E-state index in [4.69, 9.17) is 14.7 Å². The molecule has 1 aliphatic rings. The number of nitrogens with one attached hydrogen (secondary N) is 1. The van der Waals surface area contributed by atoms with Gasteiger partial charge in [-0.2, -0.15) is 4.98 Å². The average molecular weight is 570 g/mol. The van der Waals surface area contributed by atoms with Gasteiger partial charge in [-0.3, -0.25) is 19.8 Å². The topological polar surface area (TPSA) is 189 Å². The monoisotopic (exact) mass is 569 g/mol. The predicted octanol–water partition coefficient (Wildman–Crippen LogP) is 3.53. The number of hydrogen-bond donors (Lipinski definition) is 3. The Bertz CT molecular complexity index is 1350. The maximum absolute atomic E-state index is 13.0. The number of aromatic nitrogens is 2. The summed E-state index contributed by atoms with van der Waals surface area (Å²) < 4.78 is 18.1. The molecule has 0 radical (unpaired) electrons. The number of non-ortho nitro benzene ring substituents is 1. The molecule has 2 heterocycles. The number of rotatable bonds is 10. The Labute approximate surface area is 233 Å². The van der Waals surface area contributed by atoms with Crippen molar-refractivity contribution in [3.05, 3.63) is 88.1 Å². The summed E-state index contributed by atoms with van der Waals surface area (Å²) in [5.41, 5.74) is 1.59. The molecule has 1 aromatic heterocycles. The van der Waals surface area contributed by atoms with Crippen LogP contribution in [0.15, 0.2) is 65.2 Å². The van der Waals surface area contributed by atoms with Crippen molar-refractivity contribution in [2.24, 2.45) is 5.92 Å². The molecular weight excluding hydrogens is 541 g/mol. The highest BCUT2D eigenvalue weighted by atomic mass is 19.1. The molecule has 2 aromatic carbocycles. The lowest BCUT2D eigenvalue weighted by Crippen LogP contribution is -2.35. The van der Waals surface area contributed by atoms with Gasteiger partial charge in [0, 0.05) is 42.9 Å². The Hall–Kier alpha value is -4.98. The molecule has 14 heteroatoms. The van der Waals surface area contributed by atoms with Crippen LogP contribution in [0.2, 0.25) is 0 Å². The largest absolute Gasteiger partial charge is 0.478 e. The number of nitro benzene ring substituents is 1. The molecule has 0 saturated carbocycles. The predicted molar refractivity (Wildman–Crippen MR) is 142 cm³/mol. The van der Waals surface area contributed by atoms with Crippen molar-refractivity contribution in [3.8, 4) is 11.4 Å². The fraction of sp³-hybridized carbons (Fsp3) is 0.296. The number of piperidine rings is 1. The van der Waals surface area contributed by atoms with Crippen LogP contribution in [0.1, 0.15) is 35.5 Å². The van der Waals surface area contributed by atoms with E-state index in [9.17, 15) is 28.9 Å². The van der Waals surface area contributed by atoms with Gasteiger partial charge in [-0.25, -0.2) is 14.0 Å². The summed E-state index contributed by atoms with van der Waals surface area (Å²) in [5.74, 6) is -2.60. The van der Waals surface area contributed by atoms with E-state index in [1.165, 1.54) is 36.4 Å². The summed E-state index contributed by atoms with van der Waals surface area (Å²) in [5, 5.41) is 33.0. The van der Waals surface area contributed by atoms with Gasteiger partial charge in [-0.05, 0) is 68.1 Å². The van der Waals surface area contributed by atoms with Crippen LogP contribution in [0.3, 0.4) is 0 Å². The molecule has 1 fully saturated rings. The number of nitrogens with zero attached hydrogens (tertiary/aromatic N) is 4. The number of carbonyl (C=O) groups excluding carboxylic acids is 1. The minimum atomic E-state index is -1.26. The number of benzene rings is 2. The molecule has 13 nitrogen and oxygen atoms in total. The van der Waals surface area contributed by atoms with Crippen LogP contribution >= 0.6 is 0 Å². The van der Waals surface area contributed by atoms with Gasteiger partial charge in [0.2, 0.25) is 5.82 Å². The second-order valence-electron chi connectivity index (χ2n) is 9.13. The Morgan fingerprint density at radius 2 is 1.66 bits per heavy atom. The molecule has 3 N–H and O–H groups in total. The molecule has 4 rings (SSSR count). The number of carboxylic acids is 2. The van der Waals surface area contributed by atoms with E-state index in [-0.39, 0.29) is 23.2 Å². The number of aliphatic carboxylic acids is 2. The number of carboxylic acid groups (broad SMARTS) is 2. The van der Waals surface area contributed by atoms with Gasteiger partial charge in [-0.15, -0.1) is 0 Å². The van der Waals surface area contributed by atoms with Gasteiger partial charge in [0.05, 0.1) is 4.92 Å². The van der Waals surface area contributed by atoms with Crippen LogP contribution in [-0.4, -0.2) is 67.7 Å². The third kappa shape index (κ3) is 10.3. The number of halogens is 1. The first-order valence-corrected chi connectivity index (χ1v) is 12.6. The molecule has 1 aliphatic heterocycles. The van der Waals surface area contributed by atoms with E-state index in [0.29, 0.717) is 30.2 Å². The van der Waals surface area contributed by atoms with Crippen LogP contribution in [0.4, 0.5) is 10.1 Å². The van der Waals surface area contributed by atoms with Gasteiger partial charge in [0.25, 0.3) is 5.69 Å². The second-order valence-corrected chi connectivity index (χ2v) is 9.13. The van der Waals surface area contributed by atoms with Crippen LogP contribution in [0, 0.1) is 21.8 Å². The summed E-state index contributed by atoms with van der Waals surface area (Å²) in [7, 11) is 0. The van der Waals surface area contributed by atoms with Crippen LogP contribution in [-0.2, 0) is 16.1 Å². The molecule has 0 unspecified atom stereocenters. The van der Waals surface area contributed by atoms with Gasteiger partial charge >= 0.3 is 23.7 Å². The van der Waals surface area contributed by atoms with Crippen LogP contribution in [0.25, 0.3) is 11.4 Å². The van der Waals surface area contributed by atoms with Crippen LogP contribution in [0.5, 0.6) is 0 Å². The van der Waals surface area contributed by atoms with Crippen LogP contribution < -0.4 is 5.32 Å². The van der Waals surface area contributed by atoms with Crippen molar-refractivity contribution < 1.29 is 38.4 Å². The Balaban J connectivity index is 0.000000507. The van der Waals surface area contributed by atoms with Gasteiger partial charge < -0.3 is 20.1 Å². The number of likely N-dealkylation sites (tertiary alicyclic amines) is 1. The molecule has 0 spiro atoms. The third-order valence-electron chi connectivity index (χ3n) is 6.19. The molecule has 1 saturated heterocycles. The highest BCUT2D eigenvalue weighted by molar-refractivity contribution is 5.90. The number of hydrogen-bond acceptors (Lipinski definition) is 9. The van der Waals surface area contributed by atoms with E-state index in [1.54, 1.807) is 0 Å². The van der Waals surface area contributed by atoms with E-state index >= 15 is 0 Å². The summed E-state index contributed by atoms with van der Waals surface area (Å²) >= 11 is 0. The lowest BCUT2D eigenvalue weighted by Gasteiger charge is -2.32. The Morgan fingerprint density at radius 3 is 2.22 bits per heavy atom. The quantitative estimate of drug-likeness (QED) is 0.184. The summed E-state index contributed by atoms with van der Waals surface area (Å²) in [4.78, 5) is 48.1. The third-order valence-corrected chi connectivity index (χ3v) is 6.19. The standard InChI is InChI=1S/C23H24FN5O4.C4H4O4/c24-19-5-1-17(2-6-19)15-28-13-10-16(11-14-28)9-12-25-22(30)23-26-21(27-33-23)18-3-7-20(8-4-18)29(31)32;5-3(6)1-2-4(7)8/h1-8,16H,9-15H2,(H,25,30);1-2H,(H,5,6)(H,7,8). The molecule has 3 aromatic rings. The Kier molecular flexibility index (Phi) is 11.2. The minimum Gasteiger partial charge on any atom is -0.478 e. The summed E-state index contributed by atoms with van der Waals surface area (Å²) in [6.07, 6.45) is 4.06. The smallest absolute Gasteiger partial charge is 0.328 e. The molecular formula is C27H28FN5O8. The number of nitro groups is 1. The molecule has 0 bridgehead atoms. The first-order valence-electron chi connectivity index (χ1n) is 12.6. The molecule has 0 aliphatic carbocycles. The lowest BCUT2D eigenvalue weighted by atomic mass is 9.93. The zero-order chi connectivity index (χ0) is 29.8. The molecule has 1 amide bonds. The second kappa shape index (κ2) is 15.0. The fourth-order valence-corrected chi connectivity index (χ4v) is 4.05. The summed E-state index contributed by atoms with van der Waals surface area (Å²) in [6, 6.07) is 12.3. The van der Waals surface area contributed by atoms with Gasteiger partial charge in [0.15, 0.2) is 0 Å². The zero-order valence-corrected chi connectivity index (χ0v) is 21.8. The number of carbonyl (C=O) groups is 3. The molecule has 41 heavy (non-hydrogen) atoms. The highest BCUT2D eigenvalue weighted by Crippen LogP contribution is 2.22. The SMILES string of the molecule is O=C(NCCC1CCN(Cc2ccc(F)cc2)CC1)c1nc(-c2ccc([N+](=O)[O-])cc2)no1.O=C(O)C=CC(=O)O. The van der Waals surface area contributed by atoms with E-state index in [1.807, 2.05) is 12.1 Å². The highest BCUT2D eigenvalue weighted by Gasteiger charge is 2.21. The summed E-state index contributed by atoms with van der Waals surface area (Å²) in [6.45, 7) is 3.27. The van der Waals surface area contributed by atoms with E-state index in [0.717, 1.165) is 44.5 Å². The fourth-order valence-electron chi connectivity index (χ4n) is 4.05. The van der Waals surface area contributed by atoms with E-state index < -0.39 is 22.8 Å².